The van der Waals surface area contributed by atoms with Crippen molar-refractivity contribution in [2.24, 2.45) is 10.7 Å². The van der Waals surface area contributed by atoms with Crippen LogP contribution in [0.3, 0.4) is 0 Å². The third-order valence-corrected chi connectivity index (χ3v) is 5.14. The minimum Gasteiger partial charge on any atom is -0.495 e. The van der Waals surface area contributed by atoms with Crippen molar-refractivity contribution < 1.29 is 13.2 Å². The molecule has 28 heavy (non-hydrogen) atoms. The topological polar surface area (TPSA) is 106 Å². The number of anilines is 1. The Hall–Kier alpha value is -1.85. The summed E-state index contributed by atoms with van der Waals surface area (Å²) < 4.78 is 31.8. The first kappa shape index (κ1) is 24.2. The molecule has 0 aromatic heterocycles. The molecule has 0 aliphatic carbocycles. The first-order valence-electron chi connectivity index (χ1n) is 8.57. The predicted octanol–water partition coefficient (Wildman–Crippen LogP) is 3.07. The van der Waals surface area contributed by atoms with Crippen molar-refractivity contribution in [2.75, 3.05) is 12.4 Å². The zero-order chi connectivity index (χ0) is 19.9. The van der Waals surface area contributed by atoms with Gasteiger partial charge < -0.3 is 15.8 Å². The molecule has 0 aliphatic heterocycles. The minimum atomic E-state index is -3.33. The van der Waals surface area contributed by atoms with Gasteiger partial charge in [-0.2, -0.15) is 0 Å². The van der Waals surface area contributed by atoms with Crippen LogP contribution in [0.2, 0.25) is 0 Å². The number of halogens is 1. The summed E-state index contributed by atoms with van der Waals surface area (Å²) in [5.41, 5.74) is 8.31. The number of rotatable bonds is 8. The van der Waals surface area contributed by atoms with Crippen molar-refractivity contribution in [3.63, 3.8) is 0 Å². The fraction of sp³-hybridized carbons (Fsp3) is 0.316. The van der Waals surface area contributed by atoms with Gasteiger partial charge in [0.15, 0.2) is 5.96 Å². The van der Waals surface area contributed by atoms with Gasteiger partial charge in [-0.25, -0.2) is 18.1 Å². The summed E-state index contributed by atoms with van der Waals surface area (Å²) >= 11 is 0. The Bertz CT molecular complexity index is 884. The normalized spacial score (nSPS) is 11.8. The van der Waals surface area contributed by atoms with Gasteiger partial charge in [-0.1, -0.05) is 36.4 Å². The average Bonchev–Trinajstić information content (AvgIpc) is 2.60. The lowest BCUT2D eigenvalue weighted by atomic mass is 10.1. The highest BCUT2D eigenvalue weighted by molar-refractivity contribution is 14.0. The summed E-state index contributed by atoms with van der Waals surface area (Å²) in [6.45, 7) is 3.97. The van der Waals surface area contributed by atoms with Crippen LogP contribution in [0.1, 0.15) is 25.0 Å². The van der Waals surface area contributed by atoms with Gasteiger partial charge in [0, 0.05) is 6.04 Å². The van der Waals surface area contributed by atoms with E-state index in [0.29, 0.717) is 12.3 Å². The molecule has 0 spiro atoms. The van der Waals surface area contributed by atoms with E-state index in [2.05, 4.69) is 15.0 Å². The van der Waals surface area contributed by atoms with Gasteiger partial charge in [-0.15, -0.1) is 24.0 Å². The number of hydrogen-bond acceptors (Lipinski definition) is 4. The second kappa shape index (κ2) is 11.2. The number of aliphatic imine (C=N–C) groups is 1. The summed E-state index contributed by atoms with van der Waals surface area (Å²) in [5.74, 6) is 0.898. The lowest BCUT2D eigenvalue weighted by Gasteiger charge is -2.10. The van der Waals surface area contributed by atoms with Crippen molar-refractivity contribution in [1.82, 2.24) is 4.72 Å². The first-order valence-corrected chi connectivity index (χ1v) is 10.2. The zero-order valence-electron chi connectivity index (χ0n) is 16.2. The quantitative estimate of drug-likeness (QED) is 0.283. The summed E-state index contributed by atoms with van der Waals surface area (Å²) in [4.78, 5) is 4.31. The molecule has 0 bridgehead atoms. The Kier molecular flexibility index (Phi) is 9.70. The van der Waals surface area contributed by atoms with Crippen molar-refractivity contribution in [3.8, 4) is 5.75 Å². The van der Waals surface area contributed by atoms with Gasteiger partial charge in [0.2, 0.25) is 10.0 Å². The number of nitrogens with zero attached hydrogens (tertiary/aromatic N) is 1. The lowest BCUT2D eigenvalue weighted by molar-refractivity contribution is 0.417. The van der Waals surface area contributed by atoms with Gasteiger partial charge >= 0.3 is 0 Å². The van der Waals surface area contributed by atoms with Crippen molar-refractivity contribution in [1.29, 1.82) is 0 Å². The van der Waals surface area contributed by atoms with E-state index in [0.717, 1.165) is 16.8 Å². The number of nitrogens with two attached hydrogens (primary N) is 1. The highest BCUT2D eigenvalue weighted by atomic mass is 127. The monoisotopic (exact) mass is 518 g/mol. The Morgan fingerprint density at radius 3 is 2.32 bits per heavy atom. The summed E-state index contributed by atoms with van der Waals surface area (Å²) in [6, 6.07) is 14.6. The number of para-hydroxylation sites is 2. The molecule has 2 aromatic rings. The molecule has 2 aromatic carbocycles. The van der Waals surface area contributed by atoms with Gasteiger partial charge in [0.1, 0.15) is 5.75 Å². The SMILES string of the molecule is COc1ccccc1NC(N)=NCc1ccc(CS(=O)(=O)NC(C)C)cc1.I. The zero-order valence-corrected chi connectivity index (χ0v) is 19.3. The molecule has 0 aliphatic rings. The molecule has 0 unspecified atom stereocenters. The average molecular weight is 518 g/mol. The Balaban J connectivity index is 0.00000392. The Morgan fingerprint density at radius 2 is 1.71 bits per heavy atom. The third-order valence-electron chi connectivity index (χ3n) is 3.60. The fourth-order valence-corrected chi connectivity index (χ4v) is 3.90. The number of methoxy groups -OCH3 is 1. The molecular weight excluding hydrogens is 491 g/mol. The standard InChI is InChI=1S/C19H26N4O3S.HI/c1-14(2)23-27(24,25)13-16-10-8-15(9-11-16)12-21-19(20)22-17-6-4-5-7-18(17)26-3;/h4-11,14,23H,12-13H2,1-3H3,(H3,20,21,22);1H. The molecule has 0 saturated carbocycles. The van der Waals surface area contributed by atoms with Gasteiger partial charge in [0.25, 0.3) is 0 Å². The maximum Gasteiger partial charge on any atom is 0.216 e. The molecule has 0 atom stereocenters. The van der Waals surface area contributed by atoms with E-state index in [4.69, 9.17) is 10.5 Å². The predicted molar refractivity (Wildman–Crippen MR) is 125 cm³/mol. The van der Waals surface area contributed by atoms with Crippen LogP contribution in [0.25, 0.3) is 0 Å². The number of nitrogens with one attached hydrogen (secondary N) is 2. The van der Waals surface area contributed by atoms with E-state index >= 15 is 0 Å². The smallest absolute Gasteiger partial charge is 0.216 e. The summed E-state index contributed by atoms with van der Waals surface area (Å²) in [6.07, 6.45) is 0. The Morgan fingerprint density at radius 1 is 1.11 bits per heavy atom. The maximum absolute atomic E-state index is 12.0. The Labute approximate surface area is 183 Å². The van der Waals surface area contributed by atoms with E-state index in [1.54, 1.807) is 33.1 Å². The van der Waals surface area contributed by atoms with Gasteiger partial charge in [-0.3, -0.25) is 0 Å². The van der Waals surface area contributed by atoms with Crippen LogP contribution in [-0.2, 0) is 22.3 Å². The van der Waals surface area contributed by atoms with Crippen LogP contribution >= 0.6 is 24.0 Å². The maximum atomic E-state index is 12.0. The highest BCUT2D eigenvalue weighted by Crippen LogP contribution is 2.22. The second-order valence-corrected chi connectivity index (χ2v) is 8.13. The fourth-order valence-electron chi connectivity index (χ4n) is 2.46. The van der Waals surface area contributed by atoms with Gasteiger partial charge in [0.05, 0.1) is 25.1 Å². The van der Waals surface area contributed by atoms with Crippen molar-refractivity contribution in [3.05, 3.63) is 59.7 Å². The van der Waals surface area contributed by atoms with Crippen LogP contribution in [0.15, 0.2) is 53.5 Å². The molecule has 154 valence electrons. The van der Waals surface area contributed by atoms with E-state index < -0.39 is 10.0 Å². The number of sulfonamides is 1. The molecule has 0 amide bonds. The second-order valence-electron chi connectivity index (χ2n) is 6.37. The van der Waals surface area contributed by atoms with Crippen LogP contribution < -0.4 is 20.5 Å². The summed E-state index contributed by atoms with van der Waals surface area (Å²) in [7, 11) is -1.74. The van der Waals surface area contributed by atoms with Crippen molar-refractivity contribution >= 4 is 45.6 Å². The van der Waals surface area contributed by atoms with E-state index in [1.807, 2.05) is 36.4 Å². The van der Waals surface area contributed by atoms with Gasteiger partial charge in [-0.05, 0) is 37.1 Å². The highest BCUT2D eigenvalue weighted by Gasteiger charge is 2.12. The number of hydrogen-bond donors (Lipinski definition) is 3. The number of guanidine groups is 1. The van der Waals surface area contributed by atoms with Crippen LogP contribution in [-0.4, -0.2) is 27.5 Å². The molecule has 0 fully saturated rings. The molecule has 0 saturated heterocycles. The molecule has 9 heteroatoms. The lowest BCUT2D eigenvalue weighted by Crippen LogP contribution is -2.31. The third kappa shape index (κ3) is 8.03. The van der Waals surface area contributed by atoms with Crippen LogP contribution in [0.5, 0.6) is 5.75 Å². The molecule has 0 heterocycles. The number of benzene rings is 2. The van der Waals surface area contributed by atoms with E-state index in [9.17, 15) is 8.42 Å². The van der Waals surface area contributed by atoms with E-state index in [1.165, 1.54) is 0 Å². The van der Waals surface area contributed by atoms with Crippen molar-refractivity contribution in [2.45, 2.75) is 32.2 Å². The molecular formula is C19H27IN4O3S. The van der Waals surface area contributed by atoms with Crippen LogP contribution in [0, 0.1) is 0 Å². The minimum absolute atomic E-state index is 0. The molecule has 4 N–H and O–H groups in total. The van der Waals surface area contributed by atoms with Crippen LogP contribution in [0.4, 0.5) is 5.69 Å². The van der Waals surface area contributed by atoms with E-state index in [-0.39, 0.29) is 41.7 Å². The molecule has 2 rings (SSSR count). The molecule has 7 nitrogen and oxygen atoms in total. The first-order chi connectivity index (χ1) is 12.8. The molecule has 0 radical (unpaired) electrons. The number of ether oxygens (including phenoxy) is 1. The largest absolute Gasteiger partial charge is 0.495 e. The summed E-state index contributed by atoms with van der Waals surface area (Å²) in [5, 5.41) is 3.01.